The van der Waals surface area contributed by atoms with E-state index in [2.05, 4.69) is 9.47 Å². The van der Waals surface area contributed by atoms with Gasteiger partial charge in [0.2, 0.25) is 0 Å². The maximum Gasteiger partial charge on any atom is 0.359 e. The molecule has 0 spiro atoms. The molecule has 146 valence electrons. The lowest BCUT2D eigenvalue weighted by atomic mass is 9.82. The third-order valence-corrected chi connectivity index (χ3v) is 3.64. The maximum atomic E-state index is 12.3. The Hall–Kier alpha value is -3.76. The lowest BCUT2D eigenvalue weighted by Crippen LogP contribution is -2.73. The van der Waals surface area contributed by atoms with Crippen LogP contribution in [-0.4, -0.2) is 55.5 Å². The average molecular weight is 390 g/mol. The smallest absolute Gasteiger partial charge is 0.359 e. The molecule has 10 heteroatoms. The van der Waals surface area contributed by atoms with E-state index < -0.39 is 35.1 Å². The van der Waals surface area contributed by atoms with Crippen molar-refractivity contribution in [2.24, 2.45) is 0 Å². The number of ether oxygens (including phenoxy) is 2. The Morgan fingerprint density at radius 1 is 0.607 bits per heavy atom. The van der Waals surface area contributed by atoms with Crippen LogP contribution in [-0.2, 0) is 19.2 Å². The van der Waals surface area contributed by atoms with Crippen molar-refractivity contribution in [3.63, 3.8) is 0 Å². The molecule has 0 unspecified atom stereocenters. The molecule has 0 fully saturated rings. The highest BCUT2D eigenvalue weighted by molar-refractivity contribution is 6.19. The number of carbonyl (C=O) groups is 4. The zero-order valence-electron chi connectivity index (χ0n) is 14.0. The minimum Gasteiger partial charge on any atom is -0.479 e. The number of carboxylic acids is 2. The summed E-state index contributed by atoms with van der Waals surface area (Å²) in [5.41, 5.74) is -8.44. The number of rotatable bonds is 7. The van der Waals surface area contributed by atoms with Gasteiger partial charge in [0.15, 0.2) is 0 Å². The molecule has 2 aromatic carbocycles. The van der Waals surface area contributed by atoms with E-state index in [1.807, 2.05) is 0 Å². The van der Waals surface area contributed by atoms with E-state index in [1.54, 1.807) is 0 Å². The van der Waals surface area contributed by atoms with Gasteiger partial charge in [0.25, 0.3) is 0 Å². The van der Waals surface area contributed by atoms with Crippen molar-refractivity contribution in [1.29, 1.82) is 0 Å². The molecule has 0 bridgehead atoms. The molecule has 0 aliphatic rings. The largest absolute Gasteiger partial charge is 0.479 e. The number of hydrogen-bond donors (Lipinski definition) is 4. The second-order valence-electron chi connectivity index (χ2n) is 5.44. The molecule has 0 saturated heterocycles. The summed E-state index contributed by atoms with van der Waals surface area (Å²) in [5.74, 6) is -9.83. The molecular formula is C18H14O10. The summed E-state index contributed by atoms with van der Waals surface area (Å²) >= 11 is 0. The number of aliphatic hydroxyl groups is 2. The third-order valence-electron chi connectivity index (χ3n) is 3.64. The van der Waals surface area contributed by atoms with Crippen molar-refractivity contribution in [3.8, 4) is 11.5 Å². The molecule has 0 aliphatic carbocycles. The zero-order valence-corrected chi connectivity index (χ0v) is 14.0. The van der Waals surface area contributed by atoms with Crippen LogP contribution in [0.5, 0.6) is 11.5 Å². The highest BCUT2D eigenvalue weighted by atomic mass is 16.6. The SMILES string of the molecule is O=C(O)[C@](O)(C(=O)Oc1ccccc1)[C@](O)(C(=O)O)C(=O)Oc1ccccc1. The first kappa shape index (κ1) is 20.6. The predicted molar refractivity (Wildman–Crippen MR) is 89.3 cm³/mol. The molecule has 0 radical (unpaired) electrons. The molecule has 28 heavy (non-hydrogen) atoms. The molecule has 2 rings (SSSR count). The van der Waals surface area contributed by atoms with Crippen LogP contribution in [0.15, 0.2) is 60.7 Å². The third kappa shape index (κ3) is 3.54. The number of carboxylic acid groups (broad SMARTS) is 2. The van der Waals surface area contributed by atoms with Gasteiger partial charge in [0, 0.05) is 0 Å². The number of aliphatic carboxylic acids is 2. The number of esters is 2. The van der Waals surface area contributed by atoms with E-state index in [-0.39, 0.29) is 11.5 Å². The zero-order chi connectivity index (χ0) is 20.9. The van der Waals surface area contributed by atoms with Crippen LogP contribution in [0.3, 0.4) is 0 Å². The predicted octanol–water partition coefficient (Wildman–Crippen LogP) is -0.171. The van der Waals surface area contributed by atoms with E-state index in [0.29, 0.717) is 0 Å². The molecule has 0 saturated carbocycles. The first-order valence-corrected chi connectivity index (χ1v) is 7.60. The van der Waals surface area contributed by atoms with Gasteiger partial charge in [-0.25, -0.2) is 19.2 Å². The topological polar surface area (TPSA) is 168 Å². The fourth-order valence-corrected chi connectivity index (χ4v) is 2.12. The maximum absolute atomic E-state index is 12.3. The number of benzene rings is 2. The first-order chi connectivity index (χ1) is 13.1. The molecular weight excluding hydrogens is 376 g/mol. The van der Waals surface area contributed by atoms with Gasteiger partial charge in [-0.15, -0.1) is 0 Å². The van der Waals surface area contributed by atoms with Crippen molar-refractivity contribution < 1.29 is 49.1 Å². The van der Waals surface area contributed by atoms with Gasteiger partial charge in [0.1, 0.15) is 11.5 Å². The summed E-state index contributed by atoms with van der Waals surface area (Å²) in [5, 5.41) is 39.3. The average Bonchev–Trinajstić information content (AvgIpc) is 2.67. The Bertz CT molecular complexity index is 820. The summed E-state index contributed by atoms with van der Waals surface area (Å²) < 4.78 is 9.27. The monoisotopic (exact) mass is 390 g/mol. The minimum absolute atomic E-state index is 0.267. The lowest BCUT2D eigenvalue weighted by Gasteiger charge is -2.32. The van der Waals surface area contributed by atoms with Crippen molar-refractivity contribution >= 4 is 23.9 Å². The van der Waals surface area contributed by atoms with Crippen molar-refractivity contribution in [3.05, 3.63) is 60.7 Å². The quantitative estimate of drug-likeness (QED) is 0.283. The Labute approximate surface area is 157 Å². The van der Waals surface area contributed by atoms with Crippen LogP contribution in [0.2, 0.25) is 0 Å². The highest BCUT2D eigenvalue weighted by Crippen LogP contribution is 2.29. The van der Waals surface area contributed by atoms with Crippen LogP contribution in [0.4, 0.5) is 0 Å². The van der Waals surface area contributed by atoms with Gasteiger partial charge in [-0.05, 0) is 24.3 Å². The van der Waals surface area contributed by atoms with Crippen molar-refractivity contribution in [2.45, 2.75) is 11.2 Å². The molecule has 0 aliphatic heterocycles. The van der Waals surface area contributed by atoms with Crippen LogP contribution in [0, 0.1) is 0 Å². The van der Waals surface area contributed by atoms with Gasteiger partial charge in [-0.3, -0.25) is 0 Å². The highest BCUT2D eigenvalue weighted by Gasteiger charge is 2.73. The molecule has 2 atom stereocenters. The summed E-state index contributed by atoms with van der Waals surface area (Å²) in [7, 11) is 0. The summed E-state index contributed by atoms with van der Waals surface area (Å²) in [6.45, 7) is 0. The lowest BCUT2D eigenvalue weighted by molar-refractivity contribution is -0.219. The molecule has 2 aromatic rings. The molecule has 4 N–H and O–H groups in total. The van der Waals surface area contributed by atoms with Crippen molar-refractivity contribution in [1.82, 2.24) is 0 Å². The van der Waals surface area contributed by atoms with E-state index in [0.717, 1.165) is 0 Å². The normalized spacial score (nSPS) is 14.8. The fourth-order valence-electron chi connectivity index (χ4n) is 2.12. The van der Waals surface area contributed by atoms with Gasteiger partial charge in [-0.2, -0.15) is 0 Å². The standard InChI is InChI=1S/C18H14O10/c19-13(20)17(25,15(23)27-11-7-3-1-4-8-11)18(26,14(21)22)16(24)28-12-9-5-2-6-10-12/h1-10,25-26H,(H,19,20)(H,21,22)/t17-,18-/m0/s1. The number of hydrogen-bond acceptors (Lipinski definition) is 8. The van der Waals surface area contributed by atoms with E-state index in [1.165, 1.54) is 60.7 Å². The second kappa shape index (κ2) is 7.86. The molecule has 0 aromatic heterocycles. The van der Waals surface area contributed by atoms with Gasteiger partial charge in [0.05, 0.1) is 0 Å². The van der Waals surface area contributed by atoms with E-state index in [4.69, 9.17) is 0 Å². The number of carbonyl (C=O) groups excluding carboxylic acids is 2. The van der Waals surface area contributed by atoms with Crippen LogP contribution >= 0.6 is 0 Å². The van der Waals surface area contributed by atoms with Crippen molar-refractivity contribution in [2.75, 3.05) is 0 Å². The Morgan fingerprint density at radius 2 is 0.893 bits per heavy atom. The summed E-state index contributed by atoms with van der Waals surface area (Å²) in [6.07, 6.45) is 0. The first-order valence-electron chi connectivity index (χ1n) is 7.60. The van der Waals surface area contributed by atoms with E-state index >= 15 is 0 Å². The minimum atomic E-state index is -4.22. The van der Waals surface area contributed by atoms with Gasteiger partial charge < -0.3 is 29.9 Å². The molecule has 0 amide bonds. The summed E-state index contributed by atoms with van der Waals surface area (Å²) in [6, 6.07) is 13.4. The van der Waals surface area contributed by atoms with Crippen LogP contribution in [0.25, 0.3) is 0 Å². The Balaban J connectivity index is 2.47. The van der Waals surface area contributed by atoms with Gasteiger partial charge in [-0.1, -0.05) is 36.4 Å². The summed E-state index contributed by atoms with van der Waals surface area (Å²) in [4.78, 5) is 47.8. The second-order valence-corrected chi connectivity index (χ2v) is 5.44. The van der Waals surface area contributed by atoms with Crippen LogP contribution in [0.1, 0.15) is 0 Å². The van der Waals surface area contributed by atoms with Gasteiger partial charge >= 0.3 is 35.1 Å². The fraction of sp³-hybridized carbons (Fsp3) is 0.111. The van der Waals surface area contributed by atoms with Crippen LogP contribution < -0.4 is 9.47 Å². The Morgan fingerprint density at radius 3 is 1.14 bits per heavy atom. The Kier molecular flexibility index (Phi) is 5.77. The molecule has 10 nitrogen and oxygen atoms in total. The van der Waals surface area contributed by atoms with E-state index in [9.17, 15) is 39.6 Å². The number of para-hydroxylation sites is 2. The molecule has 0 heterocycles.